The second-order valence-corrected chi connectivity index (χ2v) is 7.55. The minimum atomic E-state index is -0.259. The van der Waals surface area contributed by atoms with Crippen molar-refractivity contribution in [2.75, 3.05) is 11.9 Å². The average Bonchev–Trinajstić information content (AvgIpc) is 3.24. The predicted molar refractivity (Wildman–Crippen MR) is 106 cm³/mol. The van der Waals surface area contributed by atoms with Gasteiger partial charge < -0.3 is 15.1 Å². The van der Waals surface area contributed by atoms with Crippen molar-refractivity contribution in [3.05, 3.63) is 52.0 Å². The van der Waals surface area contributed by atoms with E-state index in [0.29, 0.717) is 22.3 Å². The fraction of sp³-hybridized carbons (Fsp3) is 0.316. The van der Waals surface area contributed by atoms with Gasteiger partial charge >= 0.3 is 0 Å². The van der Waals surface area contributed by atoms with E-state index in [-0.39, 0.29) is 42.8 Å². The first-order valence-corrected chi connectivity index (χ1v) is 10.1. The molecule has 0 unspecified atom stereocenters. The largest absolute Gasteiger partial charge is 0.463 e. The van der Waals surface area contributed by atoms with E-state index in [1.807, 2.05) is 0 Å². The van der Waals surface area contributed by atoms with Crippen LogP contribution in [0.4, 0.5) is 5.13 Å². The number of amides is 2. The van der Waals surface area contributed by atoms with Crippen molar-refractivity contribution in [2.45, 2.75) is 25.8 Å². The Balaban J connectivity index is 1.27. The molecule has 0 radical (unpaired) electrons. The third-order valence-electron chi connectivity index (χ3n) is 4.36. The maximum atomic E-state index is 12.1. The molecule has 0 bridgehead atoms. The highest BCUT2D eigenvalue weighted by Crippen LogP contribution is 2.30. The van der Waals surface area contributed by atoms with E-state index in [0.717, 1.165) is 12.8 Å². The molecule has 3 aromatic heterocycles. The normalized spacial score (nSPS) is 13.2. The van der Waals surface area contributed by atoms with Crippen molar-refractivity contribution >= 4 is 28.3 Å². The van der Waals surface area contributed by atoms with Gasteiger partial charge in [-0.25, -0.2) is 9.67 Å². The average molecular weight is 413 g/mol. The van der Waals surface area contributed by atoms with Crippen LogP contribution < -0.4 is 16.2 Å². The number of aromatic nitrogens is 3. The molecular weight excluding hydrogens is 394 g/mol. The Hall–Kier alpha value is -3.27. The van der Waals surface area contributed by atoms with Gasteiger partial charge in [0.25, 0.3) is 5.56 Å². The van der Waals surface area contributed by atoms with E-state index in [4.69, 9.17) is 4.42 Å². The van der Waals surface area contributed by atoms with Crippen molar-refractivity contribution in [1.29, 1.82) is 0 Å². The van der Waals surface area contributed by atoms with Crippen LogP contribution in [-0.4, -0.2) is 33.1 Å². The summed E-state index contributed by atoms with van der Waals surface area (Å²) in [5, 5.41) is 12.0. The molecule has 0 saturated heterocycles. The topological polar surface area (TPSA) is 119 Å². The summed E-state index contributed by atoms with van der Waals surface area (Å²) < 4.78 is 6.57. The van der Waals surface area contributed by atoms with Crippen LogP contribution in [0, 0.1) is 5.92 Å². The molecule has 29 heavy (non-hydrogen) atoms. The third-order valence-corrected chi connectivity index (χ3v) is 5.16. The molecule has 1 fully saturated rings. The van der Waals surface area contributed by atoms with Crippen molar-refractivity contribution in [3.63, 3.8) is 0 Å². The Morgan fingerprint density at radius 1 is 1.28 bits per heavy atom. The van der Waals surface area contributed by atoms with Crippen LogP contribution in [0.3, 0.4) is 0 Å². The number of carbonyl (C=O) groups excluding carboxylic acids is 2. The lowest BCUT2D eigenvalue weighted by molar-refractivity contribution is -0.120. The first-order chi connectivity index (χ1) is 14.1. The molecule has 0 aromatic carbocycles. The SMILES string of the molecule is O=C(Cc1csc(NC(=O)C2CC2)n1)NCCn1nc(-c2ccco2)ccc1=O. The van der Waals surface area contributed by atoms with E-state index in [1.165, 1.54) is 28.3 Å². The van der Waals surface area contributed by atoms with Gasteiger partial charge in [0.15, 0.2) is 10.9 Å². The number of rotatable bonds is 8. The van der Waals surface area contributed by atoms with Gasteiger partial charge in [-0.05, 0) is 31.0 Å². The number of hydrogen-bond acceptors (Lipinski definition) is 7. The van der Waals surface area contributed by atoms with Gasteiger partial charge in [-0.15, -0.1) is 11.3 Å². The quantitative estimate of drug-likeness (QED) is 0.580. The van der Waals surface area contributed by atoms with Crippen LogP contribution in [0.5, 0.6) is 0 Å². The predicted octanol–water partition coefficient (Wildman–Crippen LogP) is 1.67. The second-order valence-electron chi connectivity index (χ2n) is 6.69. The van der Waals surface area contributed by atoms with E-state index in [9.17, 15) is 14.4 Å². The molecular formula is C19H19N5O4S. The summed E-state index contributed by atoms with van der Waals surface area (Å²) >= 11 is 1.30. The molecule has 150 valence electrons. The fourth-order valence-corrected chi connectivity index (χ4v) is 3.40. The van der Waals surface area contributed by atoms with Gasteiger partial charge in [-0.3, -0.25) is 14.4 Å². The smallest absolute Gasteiger partial charge is 0.266 e. The Morgan fingerprint density at radius 2 is 2.14 bits per heavy atom. The molecule has 1 aliphatic rings. The fourth-order valence-electron chi connectivity index (χ4n) is 2.69. The van der Waals surface area contributed by atoms with E-state index in [2.05, 4.69) is 20.7 Å². The molecule has 0 atom stereocenters. The van der Waals surface area contributed by atoms with E-state index in [1.54, 1.807) is 23.6 Å². The minimum Gasteiger partial charge on any atom is -0.463 e. The molecule has 1 saturated carbocycles. The van der Waals surface area contributed by atoms with Crippen molar-refractivity contribution in [2.24, 2.45) is 5.92 Å². The van der Waals surface area contributed by atoms with Gasteiger partial charge in [0.05, 0.1) is 24.9 Å². The highest BCUT2D eigenvalue weighted by Gasteiger charge is 2.30. The summed E-state index contributed by atoms with van der Waals surface area (Å²) in [5.41, 5.74) is 0.878. The minimum absolute atomic E-state index is 0.00919. The van der Waals surface area contributed by atoms with Crippen LogP contribution in [0.2, 0.25) is 0 Å². The lowest BCUT2D eigenvalue weighted by Gasteiger charge is -2.07. The molecule has 2 N–H and O–H groups in total. The van der Waals surface area contributed by atoms with Crippen molar-refractivity contribution < 1.29 is 14.0 Å². The Kier molecular flexibility index (Phi) is 5.52. The summed E-state index contributed by atoms with van der Waals surface area (Å²) in [7, 11) is 0. The summed E-state index contributed by atoms with van der Waals surface area (Å²) in [6.45, 7) is 0.488. The highest BCUT2D eigenvalue weighted by atomic mass is 32.1. The zero-order valence-electron chi connectivity index (χ0n) is 15.5. The maximum absolute atomic E-state index is 12.1. The Bertz CT molecular complexity index is 1070. The zero-order valence-corrected chi connectivity index (χ0v) is 16.3. The number of carbonyl (C=O) groups is 2. The lowest BCUT2D eigenvalue weighted by atomic mass is 10.3. The highest BCUT2D eigenvalue weighted by molar-refractivity contribution is 7.13. The second kappa shape index (κ2) is 8.39. The molecule has 3 aromatic rings. The standard InChI is InChI=1S/C19H19N5O4S/c25-16(10-13-11-29-19(21-13)22-18(27)12-3-4-12)20-7-8-24-17(26)6-5-14(23-24)15-2-1-9-28-15/h1-2,5-6,9,11-12H,3-4,7-8,10H2,(H,20,25)(H,21,22,27). The van der Waals surface area contributed by atoms with Crippen LogP contribution in [0.1, 0.15) is 18.5 Å². The van der Waals surface area contributed by atoms with Gasteiger partial charge in [-0.2, -0.15) is 5.10 Å². The van der Waals surface area contributed by atoms with Crippen molar-refractivity contribution in [1.82, 2.24) is 20.1 Å². The number of nitrogens with zero attached hydrogens (tertiary/aromatic N) is 3. The first-order valence-electron chi connectivity index (χ1n) is 9.22. The molecule has 0 spiro atoms. The number of nitrogens with one attached hydrogen (secondary N) is 2. The number of anilines is 1. The molecule has 4 rings (SSSR count). The first kappa shape index (κ1) is 19.1. The Labute approximate surface area is 169 Å². The molecule has 10 heteroatoms. The van der Waals surface area contributed by atoms with Crippen molar-refractivity contribution in [3.8, 4) is 11.5 Å². The summed E-state index contributed by atoms with van der Waals surface area (Å²) in [4.78, 5) is 40.1. The van der Waals surface area contributed by atoms with Gasteiger partial charge in [0.2, 0.25) is 11.8 Å². The lowest BCUT2D eigenvalue weighted by Crippen LogP contribution is -2.32. The molecule has 2 amide bonds. The van der Waals surface area contributed by atoms with Gasteiger partial charge in [0, 0.05) is 23.9 Å². The Morgan fingerprint density at radius 3 is 2.90 bits per heavy atom. The maximum Gasteiger partial charge on any atom is 0.266 e. The third kappa shape index (κ3) is 4.96. The van der Waals surface area contributed by atoms with Crippen LogP contribution in [0.25, 0.3) is 11.5 Å². The van der Waals surface area contributed by atoms with Crippen LogP contribution in [0.15, 0.2) is 45.1 Å². The van der Waals surface area contributed by atoms with E-state index < -0.39 is 0 Å². The van der Waals surface area contributed by atoms with Crippen LogP contribution >= 0.6 is 11.3 Å². The monoisotopic (exact) mass is 413 g/mol. The summed E-state index contributed by atoms with van der Waals surface area (Å²) in [5.74, 6) is 0.445. The molecule has 3 heterocycles. The summed E-state index contributed by atoms with van der Waals surface area (Å²) in [6.07, 6.45) is 3.49. The number of hydrogen-bond donors (Lipinski definition) is 2. The molecule has 9 nitrogen and oxygen atoms in total. The molecule has 0 aliphatic heterocycles. The zero-order chi connectivity index (χ0) is 20.2. The number of furan rings is 1. The van der Waals surface area contributed by atoms with Gasteiger partial charge in [0.1, 0.15) is 5.69 Å². The number of thiazole rings is 1. The van der Waals surface area contributed by atoms with Gasteiger partial charge in [-0.1, -0.05) is 0 Å². The molecule has 1 aliphatic carbocycles. The van der Waals surface area contributed by atoms with E-state index >= 15 is 0 Å². The summed E-state index contributed by atoms with van der Waals surface area (Å²) in [6, 6.07) is 6.51. The van der Waals surface area contributed by atoms with Crippen LogP contribution in [-0.2, 0) is 22.6 Å².